The van der Waals surface area contributed by atoms with Gasteiger partial charge in [-0.15, -0.1) is 0 Å². The summed E-state index contributed by atoms with van der Waals surface area (Å²) < 4.78 is 27.7. The molecule has 2 N–H and O–H groups in total. The van der Waals surface area contributed by atoms with Crippen LogP contribution in [0.3, 0.4) is 0 Å². The van der Waals surface area contributed by atoms with Crippen molar-refractivity contribution in [1.29, 1.82) is 0 Å². The van der Waals surface area contributed by atoms with Crippen LogP contribution in [0.1, 0.15) is 23.8 Å². The summed E-state index contributed by atoms with van der Waals surface area (Å²) in [6.07, 6.45) is 3.98. The number of aromatic nitrogens is 1. The normalized spacial score (nSPS) is 13.4. The van der Waals surface area contributed by atoms with Gasteiger partial charge in [0, 0.05) is 25.0 Å². The molecule has 1 rings (SSSR count). The van der Waals surface area contributed by atoms with E-state index >= 15 is 0 Å². The van der Waals surface area contributed by atoms with E-state index in [1.54, 1.807) is 11.8 Å². The van der Waals surface area contributed by atoms with E-state index < -0.39 is 16.0 Å². The third-order valence-corrected chi connectivity index (χ3v) is 5.22. The van der Waals surface area contributed by atoms with E-state index in [1.807, 2.05) is 13.2 Å². The lowest BCUT2D eigenvalue weighted by Crippen LogP contribution is -2.26. The second-order valence-corrected chi connectivity index (χ2v) is 7.25. The molecule has 108 valence electrons. The lowest BCUT2D eigenvalue weighted by Gasteiger charge is -2.08. The Bertz CT molecular complexity index is 551. The molecular weight excluding hydrogens is 288 g/mol. The summed E-state index contributed by atoms with van der Waals surface area (Å²) in [6.45, 7) is 2.35. The number of sulfonamides is 1. The predicted octanol–water partition coefficient (Wildman–Crippen LogP) is 1.14. The number of aryl methyl sites for hydroxylation is 1. The fourth-order valence-electron chi connectivity index (χ4n) is 1.49. The van der Waals surface area contributed by atoms with Gasteiger partial charge in [0.2, 0.25) is 10.0 Å². The van der Waals surface area contributed by atoms with E-state index in [4.69, 9.17) is 5.11 Å². The zero-order chi connectivity index (χ0) is 14.6. The number of carboxylic acid groups (broad SMARTS) is 1. The number of carboxylic acids is 1. The third-order valence-electron chi connectivity index (χ3n) is 2.75. The third kappa shape index (κ3) is 4.26. The van der Waals surface area contributed by atoms with E-state index in [0.29, 0.717) is 11.8 Å². The van der Waals surface area contributed by atoms with Gasteiger partial charge in [-0.3, -0.25) is 0 Å². The van der Waals surface area contributed by atoms with Crippen LogP contribution in [0.2, 0.25) is 0 Å². The van der Waals surface area contributed by atoms with E-state index in [1.165, 1.54) is 17.8 Å². The van der Waals surface area contributed by atoms with Crippen LogP contribution in [0.25, 0.3) is 0 Å². The predicted molar refractivity (Wildman–Crippen MR) is 75.2 cm³/mol. The van der Waals surface area contributed by atoms with Gasteiger partial charge in [-0.2, -0.15) is 11.8 Å². The first kappa shape index (κ1) is 16.1. The Morgan fingerprint density at radius 3 is 2.68 bits per heavy atom. The number of carbonyl (C=O) groups is 1. The molecule has 1 aromatic heterocycles. The van der Waals surface area contributed by atoms with Crippen LogP contribution in [0.15, 0.2) is 17.2 Å². The van der Waals surface area contributed by atoms with Crippen molar-refractivity contribution < 1.29 is 18.3 Å². The van der Waals surface area contributed by atoms with Gasteiger partial charge in [0.15, 0.2) is 0 Å². The van der Waals surface area contributed by atoms with Gasteiger partial charge in [-0.05, 0) is 18.7 Å². The molecule has 1 atom stereocenters. The Morgan fingerprint density at radius 1 is 1.58 bits per heavy atom. The molecule has 1 aromatic rings. The van der Waals surface area contributed by atoms with E-state index in [0.717, 1.165) is 12.5 Å². The van der Waals surface area contributed by atoms with Crippen molar-refractivity contribution in [3.05, 3.63) is 18.0 Å². The van der Waals surface area contributed by atoms with Crippen LogP contribution < -0.4 is 4.72 Å². The number of nitrogens with zero attached hydrogens (tertiary/aromatic N) is 1. The van der Waals surface area contributed by atoms with Gasteiger partial charge in [-0.1, -0.05) is 6.92 Å². The highest BCUT2D eigenvalue weighted by molar-refractivity contribution is 7.99. The average molecular weight is 306 g/mol. The molecule has 0 radical (unpaired) electrons. The fourth-order valence-corrected chi connectivity index (χ4v) is 2.96. The molecule has 19 heavy (non-hydrogen) atoms. The second-order valence-electron chi connectivity index (χ2n) is 4.21. The highest BCUT2D eigenvalue weighted by atomic mass is 32.2. The molecule has 0 bridgehead atoms. The summed E-state index contributed by atoms with van der Waals surface area (Å²) in [5.74, 6) is -1.15. The number of rotatable bonds is 7. The fraction of sp³-hybridized carbons (Fsp3) is 0.545. The molecule has 0 fully saturated rings. The highest BCUT2D eigenvalue weighted by Gasteiger charge is 2.19. The number of nitrogens with one attached hydrogen (secondary N) is 1. The second kappa shape index (κ2) is 6.44. The largest absolute Gasteiger partial charge is 0.477 e. The Kier molecular flexibility index (Phi) is 5.45. The lowest BCUT2D eigenvalue weighted by atomic mass is 10.3. The molecule has 8 heteroatoms. The SMILES string of the molecule is CSC(C)CCNS(=O)(=O)c1cc(C(=O)O)n(C)c1. The van der Waals surface area contributed by atoms with Crippen molar-refractivity contribution in [1.82, 2.24) is 9.29 Å². The van der Waals surface area contributed by atoms with Crippen LogP contribution in [-0.4, -0.2) is 42.1 Å². The molecule has 1 unspecified atom stereocenters. The summed E-state index contributed by atoms with van der Waals surface area (Å²) in [7, 11) is -2.14. The number of hydrogen-bond acceptors (Lipinski definition) is 4. The Labute approximate surface area is 117 Å². The molecule has 0 aliphatic heterocycles. The van der Waals surface area contributed by atoms with Gasteiger partial charge >= 0.3 is 5.97 Å². The quantitative estimate of drug-likeness (QED) is 0.789. The van der Waals surface area contributed by atoms with Crippen molar-refractivity contribution in [3.63, 3.8) is 0 Å². The summed E-state index contributed by atoms with van der Waals surface area (Å²) in [6, 6.07) is 1.16. The Hall–Kier alpha value is -0.990. The maximum Gasteiger partial charge on any atom is 0.352 e. The van der Waals surface area contributed by atoms with Gasteiger partial charge in [-0.25, -0.2) is 17.9 Å². The van der Waals surface area contributed by atoms with E-state index in [-0.39, 0.29) is 10.6 Å². The zero-order valence-electron chi connectivity index (χ0n) is 11.1. The van der Waals surface area contributed by atoms with Crippen LogP contribution in [0.5, 0.6) is 0 Å². The van der Waals surface area contributed by atoms with Crippen molar-refractivity contribution in [2.75, 3.05) is 12.8 Å². The van der Waals surface area contributed by atoms with Gasteiger partial charge in [0.05, 0.1) is 0 Å². The molecule has 0 aliphatic rings. The molecule has 0 aliphatic carbocycles. The Balaban J connectivity index is 2.78. The summed E-state index contributed by atoms with van der Waals surface area (Å²) in [4.78, 5) is 10.8. The van der Waals surface area contributed by atoms with Crippen molar-refractivity contribution in [2.45, 2.75) is 23.5 Å². The minimum absolute atomic E-state index is 0.0239. The summed E-state index contributed by atoms with van der Waals surface area (Å²) in [5.41, 5.74) is -0.0575. The molecule has 0 aromatic carbocycles. The smallest absolute Gasteiger partial charge is 0.352 e. The molecule has 0 spiro atoms. The average Bonchev–Trinajstić information content (AvgIpc) is 2.71. The van der Waals surface area contributed by atoms with Gasteiger partial charge < -0.3 is 9.67 Å². The van der Waals surface area contributed by atoms with Crippen molar-refractivity contribution in [2.24, 2.45) is 7.05 Å². The first-order chi connectivity index (χ1) is 8.77. The maximum absolute atomic E-state index is 12.0. The number of thioether (sulfide) groups is 1. The number of hydrogen-bond donors (Lipinski definition) is 2. The number of aromatic carboxylic acids is 1. The van der Waals surface area contributed by atoms with Crippen molar-refractivity contribution >= 4 is 27.8 Å². The molecule has 0 saturated heterocycles. The van der Waals surface area contributed by atoms with Crippen molar-refractivity contribution in [3.8, 4) is 0 Å². The lowest BCUT2D eigenvalue weighted by molar-refractivity contribution is 0.0686. The first-order valence-corrected chi connectivity index (χ1v) is 8.47. The van der Waals surface area contributed by atoms with Gasteiger partial charge in [0.25, 0.3) is 0 Å². The molecule has 0 amide bonds. The summed E-state index contributed by atoms with van der Waals surface area (Å²) in [5, 5.41) is 9.26. The van der Waals surface area contributed by atoms with E-state index in [2.05, 4.69) is 4.72 Å². The van der Waals surface area contributed by atoms with Crippen LogP contribution >= 0.6 is 11.8 Å². The Morgan fingerprint density at radius 2 is 2.21 bits per heavy atom. The minimum atomic E-state index is -3.64. The highest BCUT2D eigenvalue weighted by Crippen LogP contribution is 2.14. The standard InChI is InChI=1S/C11H18N2O4S2/c1-8(18-3)4-5-12-19(16,17)9-6-10(11(14)15)13(2)7-9/h6-8,12H,4-5H2,1-3H3,(H,14,15). The van der Waals surface area contributed by atoms with Gasteiger partial charge in [0.1, 0.15) is 10.6 Å². The van der Waals surface area contributed by atoms with Crippen LogP contribution in [-0.2, 0) is 17.1 Å². The van der Waals surface area contributed by atoms with E-state index in [9.17, 15) is 13.2 Å². The zero-order valence-corrected chi connectivity index (χ0v) is 12.7. The van der Waals surface area contributed by atoms with Crippen LogP contribution in [0, 0.1) is 0 Å². The maximum atomic E-state index is 12.0. The molecular formula is C11H18N2O4S2. The minimum Gasteiger partial charge on any atom is -0.477 e. The summed E-state index contributed by atoms with van der Waals surface area (Å²) >= 11 is 1.66. The first-order valence-electron chi connectivity index (χ1n) is 5.70. The molecule has 6 nitrogen and oxygen atoms in total. The molecule has 0 saturated carbocycles. The monoisotopic (exact) mass is 306 g/mol. The topological polar surface area (TPSA) is 88.4 Å². The molecule has 1 heterocycles. The van der Waals surface area contributed by atoms with Crippen LogP contribution in [0.4, 0.5) is 0 Å².